The number of hydrogen-bond donors (Lipinski definition) is 1. The molecule has 0 fully saturated rings. The minimum atomic E-state index is 0.254. The largest absolute Gasteiger partial charge is 0.496 e. The van der Waals surface area contributed by atoms with Gasteiger partial charge in [0.15, 0.2) is 0 Å². The Morgan fingerprint density at radius 3 is 2.15 bits per heavy atom. The van der Waals surface area contributed by atoms with Gasteiger partial charge < -0.3 is 19.7 Å². The lowest BCUT2D eigenvalue weighted by Crippen LogP contribution is -1.95. The van der Waals surface area contributed by atoms with Crippen LogP contribution in [0.25, 0.3) is 11.3 Å². The van der Waals surface area contributed by atoms with E-state index in [1.54, 1.807) is 32.0 Å². The smallest absolute Gasteiger partial charge is 0.222 e. The fourth-order valence-electron chi connectivity index (χ4n) is 1.89. The van der Waals surface area contributed by atoms with Crippen molar-refractivity contribution >= 4 is 17.6 Å². The first kappa shape index (κ1) is 14.6. The van der Waals surface area contributed by atoms with Gasteiger partial charge in [0.05, 0.1) is 19.8 Å². The van der Waals surface area contributed by atoms with E-state index in [4.69, 9.17) is 19.7 Å². The van der Waals surface area contributed by atoms with Crippen molar-refractivity contribution in [3.8, 4) is 22.8 Å². The summed E-state index contributed by atoms with van der Waals surface area (Å²) >= 11 is 1.74. The minimum Gasteiger partial charge on any atom is -0.496 e. The SMILES string of the molecule is COc1cc(SC(C)C)cc(OC)c1-c1cc(N)on1. The molecule has 1 aromatic carbocycles. The van der Waals surface area contributed by atoms with Gasteiger partial charge in [-0.05, 0) is 12.1 Å². The molecule has 5 nitrogen and oxygen atoms in total. The van der Waals surface area contributed by atoms with E-state index >= 15 is 0 Å². The summed E-state index contributed by atoms with van der Waals surface area (Å²) in [5.74, 6) is 1.62. The summed E-state index contributed by atoms with van der Waals surface area (Å²) in [6.45, 7) is 4.27. The number of benzene rings is 1. The van der Waals surface area contributed by atoms with Crippen molar-refractivity contribution in [3.63, 3.8) is 0 Å². The summed E-state index contributed by atoms with van der Waals surface area (Å²) in [6.07, 6.45) is 0. The Balaban J connectivity index is 2.55. The van der Waals surface area contributed by atoms with Gasteiger partial charge in [-0.3, -0.25) is 0 Å². The van der Waals surface area contributed by atoms with Crippen molar-refractivity contribution in [1.82, 2.24) is 5.16 Å². The predicted molar refractivity (Wildman–Crippen MR) is 80.4 cm³/mol. The standard InChI is InChI=1S/C14H18N2O3S/c1-8(2)20-9-5-11(17-3)14(12(6-9)18-4)10-7-13(15)19-16-10/h5-8H,15H2,1-4H3. The van der Waals surface area contributed by atoms with Crippen LogP contribution in [0.4, 0.5) is 5.88 Å². The zero-order valence-corrected chi connectivity index (χ0v) is 12.8. The Morgan fingerprint density at radius 2 is 1.75 bits per heavy atom. The van der Waals surface area contributed by atoms with Crippen LogP contribution in [-0.2, 0) is 0 Å². The molecule has 2 N–H and O–H groups in total. The summed E-state index contributed by atoms with van der Waals surface area (Å²) in [4.78, 5) is 1.08. The molecule has 108 valence electrons. The van der Waals surface area contributed by atoms with Crippen LogP contribution in [-0.4, -0.2) is 24.6 Å². The maximum atomic E-state index is 5.58. The van der Waals surface area contributed by atoms with Gasteiger partial charge in [-0.2, -0.15) is 0 Å². The Hall–Kier alpha value is -1.82. The van der Waals surface area contributed by atoms with Crippen molar-refractivity contribution in [2.45, 2.75) is 24.0 Å². The van der Waals surface area contributed by atoms with E-state index in [1.165, 1.54) is 0 Å². The van der Waals surface area contributed by atoms with Gasteiger partial charge in [-0.25, -0.2) is 0 Å². The maximum Gasteiger partial charge on any atom is 0.222 e. The number of anilines is 1. The van der Waals surface area contributed by atoms with Crippen molar-refractivity contribution in [2.75, 3.05) is 20.0 Å². The molecule has 0 aliphatic carbocycles. The van der Waals surface area contributed by atoms with E-state index in [1.807, 2.05) is 12.1 Å². The highest BCUT2D eigenvalue weighted by atomic mass is 32.2. The van der Waals surface area contributed by atoms with E-state index in [2.05, 4.69) is 19.0 Å². The lowest BCUT2D eigenvalue weighted by atomic mass is 10.1. The highest BCUT2D eigenvalue weighted by Crippen LogP contribution is 2.42. The summed E-state index contributed by atoms with van der Waals surface area (Å²) in [7, 11) is 3.23. The monoisotopic (exact) mass is 294 g/mol. The Morgan fingerprint density at radius 1 is 1.15 bits per heavy atom. The van der Waals surface area contributed by atoms with Crippen molar-refractivity contribution in [2.24, 2.45) is 0 Å². The number of ether oxygens (including phenoxy) is 2. The van der Waals surface area contributed by atoms with Crippen LogP contribution in [0, 0.1) is 0 Å². The number of thioether (sulfide) groups is 1. The normalized spacial score (nSPS) is 10.8. The van der Waals surface area contributed by atoms with Crippen molar-refractivity contribution < 1.29 is 14.0 Å². The molecule has 2 aromatic rings. The fourth-order valence-corrected chi connectivity index (χ4v) is 2.78. The molecule has 0 amide bonds. The van der Waals surface area contributed by atoms with E-state index in [9.17, 15) is 0 Å². The molecule has 1 aromatic heterocycles. The zero-order chi connectivity index (χ0) is 14.7. The number of nitrogens with zero attached hydrogens (tertiary/aromatic N) is 1. The molecule has 0 unspecified atom stereocenters. The number of rotatable bonds is 5. The number of methoxy groups -OCH3 is 2. The van der Waals surface area contributed by atoms with E-state index in [0.717, 1.165) is 10.5 Å². The van der Waals surface area contributed by atoms with Gasteiger partial charge in [0.25, 0.3) is 0 Å². The first-order valence-corrected chi connectivity index (χ1v) is 7.08. The van der Waals surface area contributed by atoms with Crippen LogP contribution in [0.2, 0.25) is 0 Å². The highest BCUT2D eigenvalue weighted by Gasteiger charge is 2.18. The lowest BCUT2D eigenvalue weighted by molar-refractivity contribution is 0.393. The average molecular weight is 294 g/mol. The summed E-state index contributed by atoms with van der Waals surface area (Å²) in [5, 5.41) is 4.40. The summed E-state index contributed by atoms with van der Waals surface area (Å²) in [5.41, 5.74) is 6.91. The van der Waals surface area contributed by atoms with Gasteiger partial charge in [0.1, 0.15) is 17.2 Å². The molecule has 0 saturated heterocycles. The predicted octanol–water partition coefficient (Wildman–Crippen LogP) is 3.44. The number of hydrogen-bond acceptors (Lipinski definition) is 6. The first-order chi connectivity index (χ1) is 9.55. The maximum absolute atomic E-state index is 5.58. The fraction of sp³-hybridized carbons (Fsp3) is 0.357. The number of aromatic nitrogens is 1. The third kappa shape index (κ3) is 3.01. The second-order valence-corrected chi connectivity index (χ2v) is 6.13. The second kappa shape index (κ2) is 6.09. The molecule has 0 radical (unpaired) electrons. The van der Waals surface area contributed by atoms with Gasteiger partial charge >= 0.3 is 0 Å². The molecular weight excluding hydrogens is 276 g/mol. The average Bonchev–Trinajstić information content (AvgIpc) is 2.83. The molecule has 1 heterocycles. The van der Waals surface area contributed by atoms with Crippen LogP contribution in [0.5, 0.6) is 11.5 Å². The summed E-state index contributed by atoms with van der Waals surface area (Å²) in [6, 6.07) is 5.58. The molecule has 0 spiro atoms. The Kier molecular flexibility index (Phi) is 4.44. The topological polar surface area (TPSA) is 70.5 Å². The summed E-state index contributed by atoms with van der Waals surface area (Å²) < 4.78 is 15.8. The third-order valence-corrected chi connectivity index (χ3v) is 3.61. The van der Waals surface area contributed by atoms with E-state index in [0.29, 0.717) is 22.4 Å². The molecular formula is C14H18N2O3S. The van der Waals surface area contributed by atoms with Crippen LogP contribution < -0.4 is 15.2 Å². The van der Waals surface area contributed by atoms with Gasteiger partial charge in [-0.15, -0.1) is 11.8 Å². The molecule has 0 saturated carbocycles. The minimum absolute atomic E-state index is 0.254. The number of nitrogen functional groups attached to an aromatic ring is 1. The molecule has 2 rings (SSSR count). The lowest BCUT2D eigenvalue weighted by Gasteiger charge is -2.14. The highest BCUT2D eigenvalue weighted by molar-refractivity contribution is 7.99. The van der Waals surface area contributed by atoms with Crippen molar-refractivity contribution in [3.05, 3.63) is 18.2 Å². The van der Waals surface area contributed by atoms with E-state index < -0.39 is 0 Å². The Labute approximate surface area is 122 Å². The first-order valence-electron chi connectivity index (χ1n) is 6.20. The molecule has 0 aliphatic heterocycles. The second-order valence-electron chi connectivity index (χ2n) is 4.48. The van der Waals surface area contributed by atoms with Crippen LogP contribution >= 0.6 is 11.8 Å². The van der Waals surface area contributed by atoms with Gasteiger partial charge in [0.2, 0.25) is 5.88 Å². The van der Waals surface area contributed by atoms with Crippen LogP contribution in [0.1, 0.15) is 13.8 Å². The van der Waals surface area contributed by atoms with Crippen LogP contribution in [0.3, 0.4) is 0 Å². The zero-order valence-electron chi connectivity index (χ0n) is 12.0. The quantitative estimate of drug-likeness (QED) is 0.852. The molecule has 6 heteroatoms. The van der Waals surface area contributed by atoms with Gasteiger partial charge in [-0.1, -0.05) is 19.0 Å². The molecule has 0 atom stereocenters. The van der Waals surface area contributed by atoms with Gasteiger partial charge in [0, 0.05) is 16.2 Å². The molecule has 20 heavy (non-hydrogen) atoms. The molecule has 0 bridgehead atoms. The van der Waals surface area contributed by atoms with Crippen molar-refractivity contribution in [1.29, 1.82) is 0 Å². The van der Waals surface area contributed by atoms with E-state index in [-0.39, 0.29) is 5.88 Å². The third-order valence-electron chi connectivity index (χ3n) is 2.64. The Bertz CT molecular complexity index is 571. The van der Waals surface area contributed by atoms with Crippen LogP contribution in [0.15, 0.2) is 27.6 Å². The molecule has 0 aliphatic rings. The number of nitrogens with two attached hydrogens (primary N) is 1.